The van der Waals surface area contributed by atoms with Crippen molar-refractivity contribution in [2.24, 2.45) is 5.41 Å². The van der Waals surface area contributed by atoms with Crippen LogP contribution >= 0.6 is 0 Å². The van der Waals surface area contributed by atoms with E-state index in [4.69, 9.17) is 5.26 Å². The highest BCUT2D eigenvalue weighted by Crippen LogP contribution is 2.35. The van der Waals surface area contributed by atoms with Crippen molar-refractivity contribution in [2.45, 2.75) is 20.0 Å². The number of hydrogen-bond donors (Lipinski definition) is 1. The van der Waals surface area contributed by atoms with E-state index in [0.29, 0.717) is 5.56 Å². The number of aliphatic hydroxyl groups excluding tert-OH is 1. The summed E-state index contributed by atoms with van der Waals surface area (Å²) in [5.74, 6) is 0. The largest absolute Gasteiger partial charge is 0.387 e. The second kappa shape index (κ2) is 4.15. The predicted octanol–water partition coefficient (Wildman–Crippen LogP) is 2.82. The maximum absolute atomic E-state index is 10.3. The summed E-state index contributed by atoms with van der Waals surface area (Å²) in [6.45, 7) is 3.44. The van der Waals surface area contributed by atoms with Crippen molar-refractivity contribution in [1.82, 2.24) is 4.98 Å². The van der Waals surface area contributed by atoms with Crippen molar-refractivity contribution in [1.29, 1.82) is 5.26 Å². The molecule has 0 aliphatic carbocycles. The summed E-state index contributed by atoms with van der Waals surface area (Å²) in [6.07, 6.45) is 2.54. The molecule has 0 amide bonds. The fourth-order valence-corrected chi connectivity index (χ4v) is 1.81. The molecule has 2 rings (SSSR count). The number of aromatic nitrogens is 1. The second-order valence-electron chi connectivity index (χ2n) is 4.69. The summed E-state index contributed by atoms with van der Waals surface area (Å²) in [5.41, 5.74) is -0.124. The minimum atomic E-state index is -0.842. The normalized spacial score (nSPS) is 13.3. The molecule has 0 saturated heterocycles. The van der Waals surface area contributed by atoms with Crippen LogP contribution in [0.3, 0.4) is 0 Å². The molecular formula is C14H14N2O. The number of fused-ring (bicyclic) bond motifs is 1. The van der Waals surface area contributed by atoms with Gasteiger partial charge in [-0.05, 0) is 19.2 Å². The molecule has 86 valence electrons. The number of nitrogens with zero attached hydrogens (tertiary/aromatic N) is 2. The Morgan fingerprint density at radius 2 is 2.00 bits per heavy atom. The van der Waals surface area contributed by atoms with E-state index in [2.05, 4.69) is 11.1 Å². The van der Waals surface area contributed by atoms with Crippen LogP contribution in [-0.4, -0.2) is 10.1 Å². The number of aliphatic hydroxyl groups is 1. The summed E-state index contributed by atoms with van der Waals surface area (Å²) < 4.78 is 0. The molecule has 1 aromatic carbocycles. The highest BCUT2D eigenvalue weighted by atomic mass is 16.3. The third-order valence-electron chi connectivity index (χ3n) is 2.97. The zero-order chi connectivity index (χ0) is 12.5. The SMILES string of the molecule is CC(C)(C#N)C(O)c1cncc2ccccc12. The lowest BCUT2D eigenvalue weighted by Crippen LogP contribution is -2.20. The molecule has 0 spiro atoms. The second-order valence-corrected chi connectivity index (χ2v) is 4.69. The third-order valence-corrected chi connectivity index (χ3v) is 2.97. The van der Waals surface area contributed by atoms with Crippen molar-refractivity contribution in [2.75, 3.05) is 0 Å². The molecule has 0 radical (unpaired) electrons. The van der Waals surface area contributed by atoms with E-state index in [1.165, 1.54) is 0 Å². The van der Waals surface area contributed by atoms with Crippen LogP contribution in [0, 0.1) is 16.7 Å². The Kier molecular flexibility index (Phi) is 2.83. The van der Waals surface area contributed by atoms with Gasteiger partial charge in [0, 0.05) is 23.3 Å². The van der Waals surface area contributed by atoms with E-state index < -0.39 is 11.5 Å². The van der Waals surface area contributed by atoms with Crippen LogP contribution in [0.2, 0.25) is 0 Å². The van der Waals surface area contributed by atoms with E-state index in [-0.39, 0.29) is 0 Å². The van der Waals surface area contributed by atoms with Gasteiger partial charge in [-0.15, -0.1) is 0 Å². The Bertz CT molecular complexity index is 579. The van der Waals surface area contributed by atoms with Gasteiger partial charge >= 0.3 is 0 Å². The fraction of sp³-hybridized carbons (Fsp3) is 0.286. The molecule has 3 nitrogen and oxygen atoms in total. The van der Waals surface area contributed by atoms with Crippen LogP contribution in [0.1, 0.15) is 25.5 Å². The van der Waals surface area contributed by atoms with Gasteiger partial charge in [0.1, 0.15) is 0 Å². The lowest BCUT2D eigenvalue weighted by molar-refractivity contribution is 0.0878. The van der Waals surface area contributed by atoms with Gasteiger partial charge in [-0.2, -0.15) is 5.26 Å². The predicted molar refractivity (Wildman–Crippen MR) is 66.1 cm³/mol. The molecule has 3 heteroatoms. The first-order chi connectivity index (χ1) is 8.06. The van der Waals surface area contributed by atoms with Crippen LogP contribution < -0.4 is 0 Å². The Balaban J connectivity index is 2.61. The molecule has 17 heavy (non-hydrogen) atoms. The van der Waals surface area contributed by atoms with Gasteiger partial charge < -0.3 is 5.11 Å². The zero-order valence-electron chi connectivity index (χ0n) is 9.88. The lowest BCUT2D eigenvalue weighted by Gasteiger charge is -2.24. The van der Waals surface area contributed by atoms with Gasteiger partial charge in [-0.25, -0.2) is 0 Å². The first kappa shape index (κ1) is 11.6. The molecule has 0 aliphatic heterocycles. The van der Waals surface area contributed by atoms with Gasteiger partial charge in [0.25, 0.3) is 0 Å². The van der Waals surface area contributed by atoms with Gasteiger partial charge in [0.15, 0.2) is 0 Å². The minimum Gasteiger partial charge on any atom is -0.387 e. The average Bonchev–Trinajstić information content (AvgIpc) is 2.37. The Labute approximate surface area is 100 Å². The van der Waals surface area contributed by atoms with E-state index in [9.17, 15) is 5.11 Å². The molecule has 2 aromatic rings. The van der Waals surface area contributed by atoms with Crippen LogP contribution in [0.5, 0.6) is 0 Å². The molecule has 0 fully saturated rings. The number of hydrogen-bond acceptors (Lipinski definition) is 3. The Hall–Kier alpha value is -1.92. The van der Waals surface area contributed by atoms with Crippen LogP contribution in [0.15, 0.2) is 36.7 Å². The molecule has 1 N–H and O–H groups in total. The van der Waals surface area contributed by atoms with Gasteiger partial charge in [-0.3, -0.25) is 4.98 Å². The maximum Gasteiger partial charge on any atom is 0.0991 e. The number of rotatable bonds is 2. The van der Waals surface area contributed by atoms with E-state index in [1.807, 2.05) is 24.3 Å². The fourth-order valence-electron chi connectivity index (χ4n) is 1.81. The molecule has 1 atom stereocenters. The lowest BCUT2D eigenvalue weighted by atomic mass is 9.83. The first-order valence-electron chi connectivity index (χ1n) is 5.48. The minimum absolute atomic E-state index is 0.703. The topological polar surface area (TPSA) is 56.9 Å². The molecule has 1 unspecified atom stereocenters. The number of benzene rings is 1. The van der Waals surface area contributed by atoms with Crippen molar-refractivity contribution < 1.29 is 5.11 Å². The average molecular weight is 226 g/mol. The third kappa shape index (κ3) is 2.00. The highest BCUT2D eigenvalue weighted by Gasteiger charge is 2.30. The van der Waals surface area contributed by atoms with E-state index >= 15 is 0 Å². The quantitative estimate of drug-likeness (QED) is 0.856. The standard InChI is InChI=1S/C14H14N2O/c1-14(2,9-15)13(17)12-8-16-7-10-5-3-4-6-11(10)12/h3-8,13,17H,1-2H3. The van der Waals surface area contributed by atoms with Gasteiger partial charge in [-0.1, -0.05) is 24.3 Å². The van der Waals surface area contributed by atoms with E-state index in [1.54, 1.807) is 26.2 Å². The summed E-state index contributed by atoms with van der Waals surface area (Å²) in [6, 6.07) is 9.84. The summed E-state index contributed by atoms with van der Waals surface area (Å²) in [7, 11) is 0. The summed E-state index contributed by atoms with van der Waals surface area (Å²) >= 11 is 0. The van der Waals surface area contributed by atoms with Crippen molar-refractivity contribution in [3.05, 3.63) is 42.2 Å². The molecule has 0 saturated carbocycles. The first-order valence-corrected chi connectivity index (χ1v) is 5.48. The van der Waals surface area contributed by atoms with Crippen LogP contribution in [0.25, 0.3) is 10.8 Å². The van der Waals surface area contributed by atoms with Gasteiger partial charge in [0.05, 0.1) is 17.6 Å². The molecule has 0 bridgehead atoms. The van der Waals surface area contributed by atoms with E-state index in [0.717, 1.165) is 10.8 Å². The van der Waals surface area contributed by atoms with Crippen LogP contribution in [0.4, 0.5) is 0 Å². The van der Waals surface area contributed by atoms with Crippen molar-refractivity contribution in [3.63, 3.8) is 0 Å². The van der Waals surface area contributed by atoms with Crippen molar-refractivity contribution >= 4 is 10.8 Å². The number of nitriles is 1. The summed E-state index contributed by atoms with van der Waals surface area (Å²) in [4.78, 5) is 4.11. The monoisotopic (exact) mass is 226 g/mol. The van der Waals surface area contributed by atoms with Crippen molar-refractivity contribution in [3.8, 4) is 6.07 Å². The molecular weight excluding hydrogens is 212 g/mol. The Morgan fingerprint density at radius 1 is 1.29 bits per heavy atom. The van der Waals surface area contributed by atoms with Crippen LogP contribution in [-0.2, 0) is 0 Å². The maximum atomic E-state index is 10.3. The molecule has 1 aromatic heterocycles. The highest BCUT2D eigenvalue weighted by molar-refractivity contribution is 5.85. The smallest absolute Gasteiger partial charge is 0.0991 e. The van der Waals surface area contributed by atoms with Gasteiger partial charge in [0.2, 0.25) is 0 Å². The summed E-state index contributed by atoms with van der Waals surface area (Å²) in [5, 5.41) is 21.3. The molecule has 0 aliphatic rings. The number of pyridine rings is 1. The Morgan fingerprint density at radius 3 is 2.71 bits per heavy atom. The zero-order valence-corrected chi connectivity index (χ0v) is 9.88. The molecule has 1 heterocycles.